The van der Waals surface area contributed by atoms with Gasteiger partial charge in [0, 0.05) is 13.2 Å². The summed E-state index contributed by atoms with van der Waals surface area (Å²) in [5, 5.41) is 13.4. The largest absolute Gasteiger partial charge is 0.381 e. The van der Waals surface area contributed by atoms with Gasteiger partial charge in [0.25, 0.3) is 0 Å². The normalized spacial score (nSPS) is 10.2. The zero-order chi connectivity index (χ0) is 12.3. The average Bonchev–Trinajstić information content (AvgIpc) is 2.78. The predicted molar refractivity (Wildman–Crippen MR) is 61.8 cm³/mol. The first-order chi connectivity index (χ1) is 8.19. The number of nitro groups is 1. The number of rotatable bonds is 4. The molecule has 0 aliphatic carbocycles. The fourth-order valence-corrected chi connectivity index (χ4v) is 1.45. The minimum absolute atomic E-state index is 0.145. The van der Waals surface area contributed by atoms with Gasteiger partial charge >= 0.3 is 5.82 Å². The topological polar surface area (TPSA) is 85.9 Å². The van der Waals surface area contributed by atoms with E-state index in [1.54, 1.807) is 17.8 Å². The van der Waals surface area contributed by atoms with Crippen LogP contribution in [0.4, 0.5) is 11.6 Å². The summed E-state index contributed by atoms with van der Waals surface area (Å²) in [5.41, 5.74) is 0.997. The van der Waals surface area contributed by atoms with E-state index in [1.807, 2.05) is 12.1 Å². The number of hydrogen-bond donors (Lipinski definition) is 1. The Bertz CT molecular complexity index is 537. The second-order valence-electron chi connectivity index (χ2n) is 3.46. The summed E-state index contributed by atoms with van der Waals surface area (Å²) in [6, 6.07) is 3.73. The van der Waals surface area contributed by atoms with Gasteiger partial charge in [0.05, 0.1) is 6.54 Å². The summed E-state index contributed by atoms with van der Waals surface area (Å²) in [6.07, 6.45) is 4.53. The van der Waals surface area contributed by atoms with Gasteiger partial charge in [-0.3, -0.25) is 0 Å². The van der Waals surface area contributed by atoms with Crippen molar-refractivity contribution in [1.82, 2.24) is 14.5 Å². The Kier molecular flexibility index (Phi) is 2.99. The molecule has 0 spiro atoms. The lowest BCUT2D eigenvalue weighted by Gasteiger charge is -2.03. The molecule has 0 bridgehead atoms. The lowest BCUT2D eigenvalue weighted by atomic mass is 10.2. The van der Waals surface area contributed by atoms with Crippen molar-refractivity contribution in [3.63, 3.8) is 0 Å². The molecular weight excluding hydrogens is 222 g/mol. The Hall–Kier alpha value is -2.44. The van der Waals surface area contributed by atoms with E-state index >= 15 is 0 Å². The molecule has 17 heavy (non-hydrogen) atoms. The first-order valence-corrected chi connectivity index (χ1v) is 4.98. The van der Waals surface area contributed by atoms with Gasteiger partial charge in [-0.1, -0.05) is 0 Å². The minimum atomic E-state index is -0.512. The lowest BCUT2D eigenvalue weighted by Crippen LogP contribution is -1.99. The van der Waals surface area contributed by atoms with Gasteiger partial charge in [-0.05, 0) is 27.6 Å². The van der Waals surface area contributed by atoms with Crippen molar-refractivity contribution in [3.05, 3.63) is 46.5 Å². The number of nitrogens with one attached hydrogen (secondary N) is 1. The van der Waals surface area contributed by atoms with Gasteiger partial charge in [0.2, 0.25) is 6.33 Å². The van der Waals surface area contributed by atoms with Gasteiger partial charge < -0.3 is 20.0 Å². The molecule has 1 N–H and O–H groups in total. The van der Waals surface area contributed by atoms with Crippen LogP contribution < -0.4 is 5.32 Å². The minimum Gasteiger partial charge on any atom is -0.373 e. The predicted octanol–water partition coefficient (Wildman–Crippen LogP) is 1.28. The van der Waals surface area contributed by atoms with E-state index in [0.717, 1.165) is 11.4 Å². The Labute approximate surface area is 97.3 Å². The Morgan fingerprint density at radius 1 is 1.53 bits per heavy atom. The molecular formula is C10H11N5O2. The third kappa shape index (κ3) is 2.57. The number of nitrogens with zero attached hydrogens (tertiary/aromatic N) is 4. The van der Waals surface area contributed by atoms with Crippen LogP contribution in [-0.4, -0.2) is 26.5 Å². The number of pyridine rings is 1. The second-order valence-corrected chi connectivity index (χ2v) is 3.46. The summed E-state index contributed by atoms with van der Waals surface area (Å²) in [4.78, 5) is 17.7. The Balaban J connectivity index is 2.16. The van der Waals surface area contributed by atoms with E-state index in [2.05, 4.69) is 15.3 Å². The number of aromatic nitrogens is 3. The van der Waals surface area contributed by atoms with Crippen LogP contribution in [0.3, 0.4) is 0 Å². The average molecular weight is 233 g/mol. The number of imidazole rings is 1. The van der Waals surface area contributed by atoms with E-state index in [-0.39, 0.29) is 5.82 Å². The molecule has 2 rings (SSSR count). The van der Waals surface area contributed by atoms with Crippen LogP contribution >= 0.6 is 0 Å². The van der Waals surface area contributed by atoms with E-state index in [1.165, 1.54) is 12.5 Å². The molecule has 7 nitrogen and oxygen atoms in total. The molecule has 0 amide bonds. The third-order valence-corrected chi connectivity index (χ3v) is 2.25. The smallest absolute Gasteiger partial charge is 0.373 e. The van der Waals surface area contributed by atoms with Crippen LogP contribution in [0.2, 0.25) is 0 Å². The maximum Gasteiger partial charge on any atom is 0.381 e. The lowest BCUT2D eigenvalue weighted by molar-refractivity contribution is -0.389. The maximum atomic E-state index is 10.5. The maximum absolute atomic E-state index is 10.5. The first-order valence-electron chi connectivity index (χ1n) is 4.98. The summed E-state index contributed by atoms with van der Waals surface area (Å²) >= 11 is 0. The van der Waals surface area contributed by atoms with Crippen LogP contribution in [0.1, 0.15) is 5.56 Å². The highest BCUT2D eigenvalue weighted by Gasteiger charge is 2.09. The third-order valence-electron chi connectivity index (χ3n) is 2.25. The highest BCUT2D eigenvalue weighted by Crippen LogP contribution is 2.11. The first kappa shape index (κ1) is 11.1. The fourth-order valence-electron chi connectivity index (χ4n) is 1.45. The molecule has 2 aromatic rings. The van der Waals surface area contributed by atoms with Crippen LogP contribution in [0.15, 0.2) is 30.9 Å². The summed E-state index contributed by atoms with van der Waals surface area (Å²) in [6.45, 7) is 0.526. The standard InChI is InChI=1S/C10H11N5O2/c1-11-9-4-8(2-3-12-9)5-14-6-10(13-7-14)15(16)17/h2-4,6-7H,5H2,1H3,(H,11,12). The monoisotopic (exact) mass is 233 g/mol. The van der Waals surface area contributed by atoms with Crippen LogP contribution in [0.5, 0.6) is 0 Å². The molecule has 0 radical (unpaired) electrons. The van der Waals surface area contributed by atoms with E-state index in [0.29, 0.717) is 6.54 Å². The number of hydrogen-bond acceptors (Lipinski definition) is 5. The fraction of sp³-hybridized carbons (Fsp3) is 0.200. The van der Waals surface area contributed by atoms with Crippen molar-refractivity contribution in [3.8, 4) is 0 Å². The van der Waals surface area contributed by atoms with E-state index in [4.69, 9.17) is 0 Å². The second kappa shape index (κ2) is 4.60. The van der Waals surface area contributed by atoms with Gasteiger partial charge in [-0.25, -0.2) is 4.98 Å². The molecule has 0 fully saturated rings. The Morgan fingerprint density at radius 2 is 2.35 bits per heavy atom. The van der Waals surface area contributed by atoms with Crippen LogP contribution in [-0.2, 0) is 6.54 Å². The quantitative estimate of drug-likeness (QED) is 0.635. The van der Waals surface area contributed by atoms with Crippen molar-refractivity contribution in [2.24, 2.45) is 0 Å². The molecule has 0 aliphatic rings. The molecule has 0 atom stereocenters. The van der Waals surface area contributed by atoms with Gasteiger partial charge in [0.15, 0.2) is 0 Å². The molecule has 0 aromatic carbocycles. The molecule has 7 heteroatoms. The molecule has 0 saturated carbocycles. The van der Waals surface area contributed by atoms with Gasteiger partial charge in [0.1, 0.15) is 12.0 Å². The van der Waals surface area contributed by atoms with Crippen molar-refractivity contribution in [2.45, 2.75) is 6.54 Å². The van der Waals surface area contributed by atoms with Crippen LogP contribution in [0.25, 0.3) is 0 Å². The van der Waals surface area contributed by atoms with Crippen LogP contribution in [0, 0.1) is 10.1 Å². The Morgan fingerprint density at radius 3 is 3.00 bits per heavy atom. The molecule has 2 heterocycles. The van der Waals surface area contributed by atoms with Crippen molar-refractivity contribution < 1.29 is 4.92 Å². The zero-order valence-corrected chi connectivity index (χ0v) is 9.20. The number of anilines is 1. The van der Waals surface area contributed by atoms with E-state index in [9.17, 15) is 10.1 Å². The van der Waals surface area contributed by atoms with Gasteiger partial charge in [-0.15, -0.1) is 0 Å². The molecule has 0 aliphatic heterocycles. The zero-order valence-electron chi connectivity index (χ0n) is 9.20. The summed E-state index contributed by atoms with van der Waals surface area (Å²) in [5.74, 6) is 0.616. The molecule has 0 unspecified atom stereocenters. The molecule has 0 saturated heterocycles. The molecule has 2 aromatic heterocycles. The van der Waals surface area contributed by atoms with Crippen molar-refractivity contribution in [1.29, 1.82) is 0 Å². The van der Waals surface area contributed by atoms with E-state index < -0.39 is 4.92 Å². The highest BCUT2D eigenvalue weighted by molar-refractivity contribution is 5.36. The highest BCUT2D eigenvalue weighted by atomic mass is 16.6. The van der Waals surface area contributed by atoms with Gasteiger partial charge in [-0.2, -0.15) is 0 Å². The SMILES string of the molecule is CNc1cc(Cn2cnc([N+](=O)[O-])c2)ccn1. The molecule has 88 valence electrons. The van der Waals surface area contributed by atoms with Crippen molar-refractivity contribution in [2.75, 3.05) is 12.4 Å². The van der Waals surface area contributed by atoms with Crippen molar-refractivity contribution >= 4 is 11.6 Å². The summed E-state index contributed by atoms with van der Waals surface area (Å²) < 4.78 is 1.66. The summed E-state index contributed by atoms with van der Waals surface area (Å²) in [7, 11) is 1.79.